The van der Waals surface area contributed by atoms with E-state index in [4.69, 9.17) is 11.3 Å². The lowest BCUT2D eigenvalue weighted by molar-refractivity contribution is 0.0605. The molecular weight excluding hydrogens is 216 g/mol. The minimum atomic E-state index is -0.619. The van der Waals surface area contributed by atoms with E-state index in [1.807, 2.05) is 0 Å². The molecule has 0 radical (unpaired) electrons. The van der Waals surface area contributed by atoms with Crippen LogP contribution in [0, 0.1) is 6.57 Å². The Hall–Kier alpha value is -2.15. The fourth-order valence-corrected chi connectivity index (χ4v) is 1.05. The number of nitrogens with zero attached hydrogens (tertiary/aromatic N) is 2. The number of rotatable bonds is 1. The average Bonchev–Trinajstić information content (AvgIpc) is 2.25. The second kappa shape index (κ2) is 5.26. The van der Waals surface area contributed by atoms with Crippen molar-refractivity contribution >= 4 is 18.0 Å². The Labute approximate surface area is 101 Å². The number of carbonyl (C=O) groups excluding carboxylic acids is 1. The summed E-state index contributed by atoms with van der Waals surface area (Å²) < 4.78 is 5.02. The maximum atomic E-state index is 11.3. The first kappa shape index (κ1) is 12.9. The highest BCUT2D eigenvalue weighted by Gasteiger charge is 2.14. The molecule has 1 aromatic carbocycles. The summed E-state index contributed by atoms with van der Waals surface area (Å²) in [6.07, 6.45) is 0.800. The standard InChI is InChI=1S/C13H14N2O2/c1-13(2,3)17-12(16)15-9-10-5-7-11(14-4)8-6-10/h5-9H,1-3H3. The van der Waals surface area contributed by atoms with Gasteiger partial charge in [0.15, 0.2) is 5.69 Å². The molecule has 0 aliphatic carbocycles. The van der Waals surface area contributed by atoms with Crippen LogP contribution in [0.15, 0.2) is 29.3 Å². The zero-order valence-corrected chi connectivity index (χ0v) is 10.1. The average molecular weight is 230 g/mol. The molecule has 0 bridgehead atoms. The maximum Gasteiger partial charge on any atom is 0.434 e. The highest BCUT2D eigenvalue weighted by Crippen LogP contribution is 2.12. The molecule has 0 fully saturated rings. The number of amides is 1. The third-order valence-electron chi connectivity index (χ3n) is 1.73. The summed E-state index contributed by atoms with van der Waals surface area (Å²) in [5.74, 6) is 0. The van der Waals surface area contributed by atoms with Crippen LogP contribution in [0.1, 0.15) is 26.3 Å². The van der Waals surface area contributed by atoms with Crippen LogP contribution in [-0.2, 0) is 4.74 Å². The third kappa shape index (κ3) is 4.94. The summed E-state index contributed by atoms with van der Waals surface area (Å²) in [5.41, 5.74) is 0.769. The molecule has 0 atom stereocenters. The van der Waals surface area contributed by atoms with Gasteiger partial charge in [-0.05, 0) is 26.3 Å². The first-order valence-corrected chi connectivity index (χ1v) is 5.15. The number of benzene rings is 1. The van der Waals surface area contributed by atoms with Gasteiger partial charge in [-0.1, -0.05) is 24.3 Å². The van der Waals surface area contributed by atoms with Crippen molar-refractivity contribution in [3.8, 4) is 0 Å². The second-order valence-corrected chi connectivity index (χ2v) is 4.44. The van der Waals surface area contributed by atoms with Crippen LogP contribution >= 0.6 is 0 Å². The molecule has 0 aromatic heterocycles. The number of aliphatic imine (C=N–C) groups is 1. The summed E-state index contributed by atoms with van der Waals surface area (Å²) in [4.78, 5) is 18.2. The molecule has 0 saturated carbocycles. The van der Waals surface area contributed by atoms with Crippen LogP contribution in [0.4, 0.5) is 10.5 Å². The van der Waals surface area contributed by atoms with E-state index in [2.05, 4.69) is 9.84 Å². The molecular formula is C13H14N2O2. The van der Waals surface area contributed by atoms with Gasteiger partial charge in [-0.2, -0.15) is 4.99 Å². The van der Waals surface area contributed by atoms with Gasteiger partial charge in [0.2, 0.25) is 0 Å². The Balaban J connectivity index is 2.65. The molecule has 0 aliphatic heterocycles. The first-order chi connectivity index (χ1) is 7.90. The van der Waals surface area contributed by atoms with Gasteiger partial charge in [0, 0.05) is 6.21 Å². The van der Waals surface area contributed by atoms with Gasteiger partial charge >= 0.3 is 6.09 Å². The van der Waals surface area contributed by atoms with Crippen LogP contribution in [0.25, 0.3) is 4.85 Å². The van der Waals surface area contributed by atoms with Crippen molar-refractivity contribution in [3.05, 3.63) is 41.2 Å². The highest BCUT2D eigenvalue weighted by molar-refractivity contribution is 5.89. The number of hydrogen-bond donors (Lipinski definition) is 0. The molecule has 88 valence electrons. The van der Waals surface area contributed by atoms with E-state index in [0.717, 1.165) is 5.56 Å². The quantitative estimate of drug-likeness (QED) is 0.546. The largest absolute Gasteiger partial charge is 0.442 e. The second-order valence-electron chi connectivity index (χ2n) is 4.44. The monoisotopic (exact) mass is 230 g/mol. The van der Waals surface area contributed by atoms with Crippen LogP contribution < -0.4 is 0 Å². The van der Waals surface area contributed by atoms with Crippen molar-refractivity contribution in [2.45, 2.75) is 26.4 Å². The fourth-order valence-electron chi connectivity index (χ4n) is 1.05. The Morgan fingerprint density at radius 3 is 2.41 bits per heavy atom. The lowest BCUT2D eigenvalue weighted by atomic mass is 10.2. The van der Waals surface area contributed by atoms with Gasteiger partial charge in [-0.25, -0.2) is 9.64 Å². The number of carbonyl (C=O) groups is 1. The van der Waals surface area contributed by atoms with E-state index in [1.165, 1.54) is 6.21 Å². The number of hydrogen-bond acceptors (Lipinski definition) is 2. The van der Waals surface area contributed by atoms with Crippen molar-refractivity contribution in [1.29, 1.82) is 0 Å². The Kier molecular flexibility index (Phi) is 4.00. The van der Waals surface area contributed by atoms with Crippen molar-refractivity contribution in [2.75, 3.05) is 0 Å². The zero-order valence-electron chi connectivity index (χ0n) is 10.1. The summed E-state index contributed by atoms with van der Waals surface area (Å²) in [6, 6.07) is 6.79. The third-order valence-corrected chi connectivity index (χ3v) is 1.73. The number of ether oxygens (including phenoxy) is 1. The molecule has 0 saturated heterocycles. The molecule has 1 amide bonds. The first-order valence-electron chi connectivity index (χ1n) is 5.15. The Bertz CT molecular complexity index is 462. The lowest BCUT2D eigenvalue weighted by Crippen LogP contribution is -2.21. The van der Waals surface area contributed by atoms with E-state index in [-0.39, 0.29) is 0 Å². The minimum absolute atomic E-state index is 0.539. The van der Waals surface area contributed by atoms with E-state index >= 15 is 0 Å². The van der Waals surface area contributed by atoms with Crippen molar-refractivity contribution in [2.24, 2.45) is 4.99 Å². The summed E-state index contributed by atoms with van der Waals surface area (Å²) >= 11 is 0. The van der Waals surface area contributed by atoms with E-state index < -0.39 is 11.7 Å². The van der Waals surface area contributed by atoms with Crippen molar-refractivity contribution < 1.29 is 9.53 Å². The highest BCUT2D eigenvalue weighted by atomic mass is 16.6. The molecule has 1 aromatic rings. The van der Waals surface area contributed by atoms with Crippen LogP contribution in [0.2, 0.25) is 0 Å². The predicted octanol–water partition coefficient (Wildman–Crippen LogP) is 3.59. The Morgan fingerprint density at radius 1 is 1.35 bits per heavy atom. The molecule has 0 unspecified atom stereocenters. The van der Waals surface area contributed by atoms with Gasteiger partial charge in [0.25, 0.3) is 0 Å². The lowest BCUT2D eigenvalue weighted by Gasteiger charge is -2.17. The normalized spacial score (nSPS) is 11.2. The minimum Gasteiger partial charge on any atom is -0.442 e. The van der Waals surface area contributed by atoms with E-state index in [1.54, 1.807) is 45.0 Å². The van der Waals surface area contributed by atoms with Gasteiger partial charge in [0.05, 0.1) is 6.57 Å². The van der Waals surface area contributed by atoms with Crippen molar-refractivity contribution in [3.63, 3.8) is 0 Å². The van der Waals surface area contributed by atoms with Gasteiger partial charge in [-0.3, -0.25) is 0 Å². The van der Waals surface area contributed by atoms with E-state index in [9.17, 15) is 4.79 Å². The summed E-state index contributed by atoms with van der Waals surface area (Å²) in [7, 11) is 0. The Morgan fingerprint density at radius 2 is 1.94 bits per heavy atom. The molecule has 0 heterocycles. The van der Waals surface area contributed by atoms with E-state index in [0.29, 0.717) is 5.69 Å². The van der Waals surface area contributed by atoms with Gasteiger partial charge < -0.3 is 4.74 Å². The van der Waals surface area contributed by atoms with Crippen LogP contribution in [0.5, 0.6) is 0 Å². The molecule has 1 rings (SSSR count). The molecule has 4 nitrogen and oxygen atoms in total. The summed E-state index contributed by atoms with van der Waals surface area (Å²) in [6.45, 7) is 12.1. The van der Waals surface area contributed by atoms with Gasteiger partial charge in [-0.15, -0.1) is 0 Å². The topological polar surface area (TPSA) is 43.0 Å². The molecule has 0 aliphatic rings. The molecule has 17 heavy (non-hydrogen) atoms. The van der Waals surface area contributed by atoms with Gasteiger partial charge in [0.1, 0.15) is 5.60 Å². The summed E-state index contributed by atoms with van der Waals surface area (Å²) in [5, 5.41) is 0. The van der Waals surface area contributed by atoms with Crippen LogP contribution in [-0.4, -0.2) is 17.9 Å². The molecule has 4 heteroatoms. The zero-order chi connectivity index (χ0) is 12.9. The SMILES string of the molecule is [C-]#[N+]c1ccc(C=NC(=O)OC(C)(C)C)cc1. The smallest absolute Gasteiger partial charge is 0.434 e. The molecule has 0 spiro atoms. The maximum absolute atomic E-state index is 11.3. The fraction of sp³-hybridized carbons (Fsp3) is 0.308. The van der Waals surface area contributed by atoms with Crippen LogP contribution in [0.3, 0.4) is 0 Å². The molecule has 0 N–H and O–H groups in total. The predicted molar refractivity (Wildman–Crippen MR) is 66.5 cm³/mol. The van der Waals surface area contributed by atoms with Crippen molar-refractivity contribution in [1.82, 2.24) is 0 Å².